The van der Waals surface area contributed by atoms with E-state index in [-0.39, 0.29) is 0 Å². The lowest BCUT2D eigenvalue weighted by atomic mass is 10.1. The highest BCUT2D eigenvalue weighted by molar-refractivity contribution is 5.25. The predicted octanol–water partition coefficient (Wildman–Crippen LogP) is 2.15. The second-order valence-electron chi connectivity index (χ2n) is 5.24. The molecule has 0 amide bonds. The van der Waals surface area contributed by atoms with Gasteiger partial charge in [-0.15, -0.1) is 0 Å². The van der Waals surface area contributed by atoms with Crippen LogP contribution in [-0.2, 0) is 11.3 Å². The molecule has 0 spiro atoms. The van der Waals surface area contributed by atoms with Crippen LogP contribution in [0.2, 0.25) is 0 Å². The maximum atomic E-state index is 5.42. The minimum absolute atomic E-state index is 0.827. The number of hydrogen-bond donors (Lipinski definition) is 0. The van der Waals surface area contributed by atoms with Crippen LogP contribution in [0.1, 0.15) is 18.1 Å². The first-order valence-corrected chi connectivity index (χ1v) is 7.36. The maximum absolute atomic E-state index is 5.42. The summed E-state index contributed by atoms with van der Waals surface area (Å²) in [5, 5.41) is 0. The zero-order valence-corrected chi connectivity index (χ0v) is 12.3. The minimum atomic E-state index is 0.827. The number of aryl methyl sites for hydroxylation is 1. The molecule has 0 unspecified atom stereocenters. The molecular weight excluding hydrogens is 236 g/mol. The van der Waals surface area contributed by atoms with Crippen molar-refractivity contribution in [1.29, 1.82) is 0 Å². The van der Waals surface area contributed by atoms with Crippen LogP contribution in [0.25, 0.3) is 0 Å². The molecule has 1 aliphatic heterocycles. The van der Waals surface area contributed by atoms with Crippen LogP contribution in [0.5, 0.6) is 0 Å². The lowest BCUT2D eigenvalue weighted by molar-refractivity contribution is 0.0785. The molecule has 2 rings (SSSR count). The molecule has 1 fully saturated rings. The molecular formula is C16H26N2O. The van der Waals surface area contributed by atoms with Gasteiger partial charge >= 0.3 is 0 Å². The van der Waals surface area contributed by atoms with Crippen molar-refractivity contribution in [2.45, 2.75) is 20.4 Å². The largest absolute Gasteiger partial charge is 0.380 e. The van der Waals surface area contributed by atoms with E-state index in [0.29, 0.717) is 0 Å². The Balaban J connectivity index is 1.73. The summed E-state index contributed by atoms with van der Waals surface area (Å²) in [5.74, 6) is 0. The minimum Gasteiger partial charge on any atom is -0.380 e. The van der Waals surface area contributed by atoms with Crippen LogP contribution < -0.4 is 0 Å². The molecule has 0 aromatic heterocycles. The van der Waals surface area contributed by atoms with Crippen molar-refractivity contribution in [1.82, 2.24) is 9.80 Å². The van der Waals surface area contributed by atoms with Gasteiger partial charge in [-0.1, -0.05) is 24.3 Å². The van der Waals surface area contributed by atoms with Crippen molar-refractivity contribution >= 4 is 0 Å². The van der Waals surface area contributed by atoms with E-state index in [1.54, 1.807) is 0 Å². The average molecular weight is 262 g/mol. The molecule has 1 saturated heterocycles. The number of hydrogen-bond acceptors (Lipinski definition) is 3. The zero-order chi connectivity index (χ0) is 13.5. The Bertz CT molecular complexity index is 373. The van der Waals surface area contributed by atoms with E-state index in [1.165, 1.54) is 37.3 Å². The van der Waals surface area contributed by atoms with Gasteiger partial charge in [-0.25, -0.2) is 0 Å². The van der Waals surface area contributed by atoms with Gasteiger partial charge in [0.05, 0.1) is 6.61 Å². The lowest BCUT2D eigenvalue weighted by Crippen LogP contribution is -2.46. The van der Waals surface area contributed by atoms with Gasteiger partial charge in [0.2, 0.25) is 0 Å². The van der Waals surface area contributed by atoms with Crippen LogP contribution in [0.15, 0.2) is 24.3 Å². The summed E-state index contributed by atoms with van der Waals surface area (Å²) < 4.78 is 5.42. The first kappa shape index (κ1) is 14.5. The molecule has 0 N–H and O–H groups in total. The lowest BCUT2D eigenvalue weighted by Gasteiger charge is -2.34. The number of piperazine rings is 1. The van der Waals surface area contributed by atoms with Crippen molar-refractivity contribution < 1.29 is 4.74 Å². The van der Waals surface area contributed by atoms with Crippen LogP contribution in [0, 0.1) is 6.92 Å². The molecule has 0 aliphatic carbocycles. The van der Waals surface area contributed by atoms with Gasteiger partial charge in [-0.3, -0.25) is 9.80 Å². The third kappa shape index (κ3) is 4.60. The molecule has 3 nitrogen and oxygen atoms in total. The van der Waals surface area contributed by atoms with E-state index < -0.39 is 0 Å². The molecule has 0 saturated carbocycles. The van der Waals surface area contributed by atoms with Crippen molar-refractivity contribution in [3.63, 3.8) is 0 Å². The third-order valence-corrected chi connectivity index (χ3v) is 3.88. The van der Waals surface area contributed by atoms with Gasteiger partial charge in [0.15, 0.2) is 0 Å². The molecule has 19 heavy (non-hydrogen) atoms. The Morgan fingerprint density at radius 2 is 1.74 bits per heavy atom. The molecule has 0 radical (unpaired) electrons. The van der Waals surface area contributed by atoms with Crippen molar-refractivity contribution in [3.05, 3.63) is 35.4 Å². The smallest absolute Gasteiger partial charge is 0.0593 e. The Morgan fingerprint density at radius 3 is 2.42 bits per heavy atom. The fourth-order valence-electron chi connectivity index (χ4n) is 2.54. The van der Waals surface area contributed by atoms with Gasteiger partial charge in [0.1, 0.15) is 0 Å². The van der Waals surface area contributed by atoms with Crippen LogP contribution in [-0.4, -0.2) is 55.7 Å². The molecule has 3 heteroatoms. The molecule has 1 aliphatic rings. The van der Waals surface area contributed by atoms with Gasteiger partial charge in [0, 0.05) is 45.9 Å². The van der Waals surface area contributed by atoms with E-state index in [9.17, 15) is 0 Å². The van der Waals surface area contributed by atoms with Gasteiger partial charge < -0.3 is 4.74 Å². The van der Waals surface area contributed by atoms with E-state index in [0.717, 1.165) is 26.3 Å². The molecule has 1 aromatic rings. The highest BCUT2D eigenvalue weighted by Crippen LogP contribution is 2.12. The fourth-order valence-corrected chi connectivity index (χ4v) is 2.54. The van der Waals surface area contributed by atoms with E-state index >= 15 is 0 Å². The van der Waals surface area contributed by atoms with E-state index in [4.69, 9.17) is 4.74 Å². The Labute approximate surface area is 117 Å². The maximum Gasteiger partial charge on any atom is 0.0593 e. The van der Waals surface area contributed by atoms with Crippen molar-refractivity contribution in [2.75, 3.05) is 45.9 Å². The number of nitrogens with zero attached hydrogens (tertiary/aromatic N) is 2. The zero-order valence-electron chi connectivity index (χ0n) is 12.3. The Morgan fingerprint density at radius 1 is 1.05 bits per heavy atom. The number of rotatable bonds is 6. The second-order valence-corrected chi connectivity index (χ2v) is 5.24. The summed E-state index contributed by atoms with van der Waals surface area (Å²) in [6.07, 6.45) is 0. The topological polar surface area (TPSA) is 15.7 Å². The summed E-state index contributed by atoms with van der Waals surface area (Å²) in [6, 6.07) is 8.70. The first-order valence-electron chi connectivity index (χ1n) is 7.36. The number of ether oxygens (including phenoxy) is 1. The monoisotopic (exact) mass is 262 g/mol. The predicted molar refractivity (Wildman–Crippen MR) is 79.4 cm³/mol. The normalized spacial score (nSPS) is 17.8. The SMILES string of the molecule is CCOCCN1CCN(Cc2ccccc2C)CC1. The van der Waals surface area contributed by atoms with Crippen LogP contribution >= 0.6 is 0 Å². The molecule has 0 atom stereocenters. The summed E-state index contributed by atoms with van der Waals surface area (Å²) >= 11 is 0. The molecule has 106 valence electrons. The summed E-state index contributed by atoms with van der Waals surface area (Å²) in [7, 11) is 0. The Hall–Kier alpha value is -0.900. The highest BCUT2D eigenvalue weighted by atomic mass is 16.5. The van der Waals surface area contributed by atoms with Crippen molar-refractivity contribution in [2.24, 2.45) is 0 Å². The average Bonchev–Trinajstić information content (AvgIpc) is 2.44. The highest BCUT2D eigenvalue weighted by Gasteiger charge is 2.16. The summed E-state index contributed by atoms with van der Waals surface area (Å²) in [4.78, 5) is 5.06. The summed E-state index contributed by atoms with van der Waals surface area (Å²) in [5.41, 5.74) is 2.87. The molecule has 0 bridgehead atoms. The molecule has 1 heterocycles. The van der Waals surface area contributed by atoms with Gasteiger partial charge in [0.25, 0.3) is 0 Å². The fraction of sp³-hybridized carbons (Fsp3) is 0.625. The standard InChI is InChI=1S/C16H26N2O/c1-3-19-13-12-17-8-10-18(11-9-17)14-16-7-5-4-6-15(16)2/h4-7H,3,8-14H2,1-2H3. The third-order valence-electron chi connectivity index (χ3n) is 3.88. The van der Waals surface area contributed by atoms with Crippen LogP contribution in [0.3, 0.4) is 0 Å². The Kier molecular flexibility index (Phi) is 5.83. The van der Waals surface area contributed by atoms with Crippen molar-refractivity contribution in [3.8, 4) is 0 Å². The van der Waals surface area contributed by atoms with Crippen LogP contribution in [0.4, 0.5) is 0 Å². The molecule has 1 aromatic carbocycles. The first-order chi connectivity index (χ1) is 9.29. The number of benzene rings is 1. The summed E-state index contributed by atoms with van der Waals surface area (Å²) in [6.45, 7) is 12.8. The van der Waals surface area contributed by atoms with Gasteiger partial charge in [-0.2, -0.15) is 0 Å². The second kappa shape index (κ2) is 7.63. The van der Waals surface area contributed by atoms with Gasteiger partial charge in [-0.05, 0) is 25.0 Å². The van der Waals surface area contributed by atoms with E-state index in [2.05, 4.69) is 47.9 Å². The van der Waals surface area contributed by atoms with E-state index in [1.807, 2.05) is 0 Å². The quantitative estimate of drug-likeness (QED) is 0.731.